The molecule has 3 aliphatic rings. The van der Waals surface area contributed by atoms with E-state index >= 15 is 0 Å². The number of benzene rings is 2. The SMILES string of the molecule is O=C(c1ccc(/C=C2/SC3CCCCC3N(Cc3ccccc3F)C2=O)cc1)N1CCN(c2ncccn2)CC1. The zero-order valence-corrected chi connectivity index (χ0v) is 23.1. The Morgan fingerprint density at radius 1 is 0.950 bits per heavy atom. The maximum absolute atomic E-state index is 14.5. The van der Waals surface area contributed by atoms with Crippen LogP contribution in [-0.4, -0.2) is 69.1 Å². The van der Waals surface area contributed by atoms with Crippen LogP contribution < -0.4 is 4.90 Å². The average molecular weight is 558 g/mol. The summed E-state index contributed by atoms with van der Waals surface area (Å²) in [4.78, 5) is 41.9. The van der Waals surface area contributed by atoms with Gasteiger partial charge in [-0.05, 0) is 48.7 Å². The number of piperazine rings is 1. The molecule has 7 nitrogen and oxygen atoms in total. The number of hydrogen-bond acceptors (Lipinski definition) is 6. The topological polar surface area (TPSA) is 69.6 Å². The van der Waals surface area contributed by atoms with Crippen molar-refractivity contribution < 1.29 is 14.0 Å². The fraction of sp³-hybridized carbons (Fsp3) is 0.355. The van der Waals surface area contributed by atoms with Gasteiger partial charge in [0.05, 0.1) is 4.91 Å². The standard InChI is InChI=1S/C31H32FN5O2S/c32-25-7-2-1-6-24(25)21-37-26-8-3-4-9-27(26)40-28(30(37)39)20-22-10-12-23(13-11-22)29(38)35-16-18-36(19-17-35)31-33-14-5-15-34-31/h1-2,5-7,10-15,20,26-27H,3-4,8-9,16-19,21H2/b28-20+. The van der Waals surface area contributed by atoms with Gasteiger partial charge in [0.25, 0.3) is 11.8 Å². The number of aromatic nitrogens is 2. The third-order valence-electron chi connectivity index (χ3n) is 7.97. The Balaban J connectivity index is 1.14. The molecular formula is C31H32FN5O2S. The van der Waals surface area contributed by atoms with Crippen molar-refractivity contribution in [2.24, 2.45) is 0 Å². The Bertz CT molecular complexity index is 1390. The summed E-state index contributed by atoms with van der Waals surface area (Å²) >= 11 is 1.65. The number of carbonyl (C=O) groups is 2. The van der Waals surface area contributed by atoms with Crippen molar-refractivity contribution in [1.82, 2.24) is 19.8 Å². The highest BCUT2D eigenvalue weighted by atomic mass is 32.2. The normalized spacial score (nSPS) is 22.4. The van der Waals surface area contributed by atoms with Crippen LogP contribution in [-0.2, 0) is 11.3 Å². The molecule has 206 valence electrons. The zero-order valence-electron chi connectivity index (χ0n) is 22.3. The molecule has 6 rings (SSSR count). The number of thioether (sulfide) groups is 1. The molecule has 0 spiro atoms. The van der Waals surface area contributed by atoms with Gasteiger partial charge in [-0.2, -0.15) is 0 Å². The predicted molar refractivity (Wildman–Crippen MR) is 155 cm³/mol. The van der Waals surface area contributed by atoms with Gasteiger partial charge >= 0.3 is 0 Å². The van der Waals surface area contributed by atoms with E-state index in [1.807, 2.05) is 46.2 Å². The minimum absolute atomic E-state index is 0.00272. The number of halogens is 1. The van der Waals surface area contributed by atoms with Crippen LogP contribution in [0.5, 0.6) is 0 Å². The summed E-state index contributed by atoms with van der Waals surface area (Å²) in [5, 5.41) is 0.310. The molecule has 2 aromatic carbocycles. The first kappa shape index (κ1) is 26.5. The first-order chi connectivity index (χ1) is 19.6. The fourth-order valence-corrected chi connectivity index (χ4v) is 7.26. The average Bonchev–Trinajstić information content (AvgIpc) is 3.01. The van der Waals surface area contributed by atoms with E-state index in [1.54, 1.807) is 42.4 Å². The maximum Gasteiger partial charge on any atom is 0.260 e. The van der Waals surface area contributed by atoms with E-state index in [4.69, 9.17) is 0 Å². The lowest BCUT2D eigenvalue weighted by molar-refractivity contribution is -0.130. The number of anilines is 1. The summed E-state index contributed by atoms with van der Waals surface area (Å²) in [5.74, 6) is 0.365. The number of hydrogen-bond donors (Lipinski definition) is 0. The molecule has 0 N–H and O–H groups in total. The van der Waals surface area contributed by atoms with Crippen molar-refractivity contribution in [1.29, 1.82) is 0 Å². The quantitative estimate of drug-likeness (QED) is 0.411. The number of fused-ring (bicyclic) bond motifs is 1. The van der Waals surface area contributed by atoms with Crippen molar-refractivity contribution in [2.75, 3.05) is 31.1 Å². The van der Waals surface area contributed by atoms with Gasteiger partial charge in [-0.3, -0.25) is 9.59 Å². The van der Waals surface area contributed by atoms with E-state index in [0.717, 1.165) is 31.2 Å². The molecule has 40 heavy (non-hydrogen) atoms. The molecule has 1 aliphatic carbocycles. The van der Waals surface area contributed by atoms with Crippen molar-refractivity contribution in [3.05, 3.63) is 94.4 Å². The first-order valence-corrected chi connectivity index (χ1v) is 14.8. The van der Waals surface area contributed by atoms with Gasteiger partial charge in [-0.1, -0.05) is 43.2 Å². The first-order valence-electron chi connectivity index (χ1n) is 13.9. The lowest BCUT2D eigenvalue weighted by Gasteiger charge is -2.44. The van der Waals surface area contributed by atoms with Gasteiger partial charge in [-0.15, -0.1) is 11.8 Å². The molecule has 3 fully saturated rings. The number of carbonyl (C=O) groups excluding carboxylic acids is 2. The monoisotopic (exact) mass is 557 g/mol. The minimum atomic E-state index is -0.276. The largest absolute Gasteiger partial charge is 0.337 e. The fourth-order valence-electron chi connectivity index (χ4n) is 5.79. The minimum Gasteiger partial charge on any atom is -0.337 e. The Labute approximate surface area is 238 Å². The summed E-state index contributed by atoms with van der Waals surface area (Å²) < 4.78 is 14.5. The summed E-state index contributed by atoms with van der Waals surface area (Å²) in [5.41, 5.74) is 2.05. The van der Waals surface area contributed by atoms with Crippen molar-refractivity contribution >= 4 is 35.6 Å². The third kappa shape index (κ3) is 5.61. The van der Waals surface area contributed by atoms with Gasteiger partial charge in [-0.25, -0.2) is 14.4 Å². The zero-order chi connectivity index (χ0) is 27.5. The molecule has 0 bridgehead atoms. The van der Waals surface area contributed by atoms with Crippen LogP contribution in [0, 0.1) is 5.82 Å². The van der Waals surface area contributed by atoms with Gasteiger partial charge in [0.15, 0.2) is 0 Å². The van der Waals surface area contributed by atoms with E-state index in [-0.39, 0.29) is 30.2 Å². The Morgan fingerprint density at radius 2 is 1.68 bits per heavy atom. The van der Waals surface area contributed by atoms with Crippen LogP contribution in [0.15, 0.2) is 71.9 Å². The van der Waals surface area contributed by atoms with Crippen LogP contribution >= 0.6 is 11.8 Å². The summed E-state index contributed by atoms with van der Waals surface area (Å²) in [7, 11) is 0. The third-order valence-corrected chi connectivity index (χ3v) is 9.37. The molecule has 9 heteroatoms. The van der Waals surface area contributed by atoms with Crippen molar-refractivity contribution in [2.45, 2.75) is 43.5 Å². The van der Waals surface area contributed by atoms with Gasteiger partial charge in [0, 0.05) is 67.5 Å². The molecule has 2 unspecified atom stereocenters. The molecule has 2 aliphatic heterocycles. The Hall–Kier alpha value is -3.72. The summed E-state index contributed by atoms with van der Waals surface area (Å²) in [6.45, 7) is 2.86. The van der Waals surface area contributed by atoms with E-state index in [9.17, 15) is 14.0 Å². The van der Waals surface area contributed by atoms with E-state index < -0.39 is 0 Å². The second-order valence-corrected chi connectivity index (χ2v) is 11.8. The molecule has 1 aromatic heterocycles. The van der Waals surface area contributed by atoms with Crippen molar-refractivity contribution in [3.63, 3.8) is 0 Å². The van der Waals surface area contributed by atoms with Gasteiger partial charge in [0.2, 0.25) is 5.95 Å². The van der Waals surface area contributed by atoms with E-state index in [0.29, 0.717) is 53.4 Å². The number of amides is 2. The lowest BCUT2D eigenvalue weighted by Crippen LogP contribution is -2.50. The molecule has 2 saturated heterocycles. The van der Waals surface area contributed by atoms with Gasteiger partial charge < -0.3 is 14.7 Å². The molecule has 2 amide bonds. The number of rotatable bonds is 5. The molecule has 2 atom stereocenters. The highest BCUT2D eigenvalue weighted by Crippen LogP contribution is 2.42. The smallest absolute Gasteiger partial charge is 0.260 e. The predicted octanol–water partition coefficient (Wildman–Crippen LogP) is 5.01. The van der Waals surface area contributed by atoms with E-state index in [2.05, 4.69) is 14.9 Å². The summed E-state index contributed by atoms with van der Waals surface area (Å²) in [6, 6.07) is 16.1. The maximum atomic E-state index is 14.5. The second-order valence-electron chi connectivity index (χ2n) is 10.5. The lowest BCUT2D eigenvalue weighted by atomic mass is 9.92. The van der Waals surface area contributed by atoms with Crippen LogP contribution in [0.4, 0.5) is 10.3 Å². The van der Waals surface area contributed by atoms with Crippen LogP contribution in [0.2, 0.25) is 0 Å². The number of nitrogens with zero attached hydrogens (tertiary/aromatic N) is 5. The molecular weight excluding hydrogens is 525 g/mol. The highest BCUT2D eigenvalue weighted by molar-refractivity contribution is 8.04. The highest BCUT2D eigenvalue weighted by Gasteiger charge is 2.40. The van der Waals surface area contributed by atoms with Crippen LogP contribution in [0.1, 0.15) is 47.2 Å². The Morgan fingerprint density at radius 3 is 2.42 bits per heavy atom. The van der Waals surface area contributed by atoms with Crippen LogP contribution in [0.3, 0.4) is 0 Å². The molecule has 3 heterocycles. The van der Waals surface area contributed by atoms with Crippen molar-refractivity contribution in [3.8, 4) is 0 Å². The van der Waals surface area contributed by atoms with Crippen LogP contribution in [0.25, 0.3) is 6.08 Å². The molecule has 3 aromatic rings. The Kier molecular flexibility index (Phi) is 7.82. The van der Waals surface area contributed by atoms with Gasteiger partial charge in [0.1, 0.15) is 5.82 Å². The molecule has 1 saturated carbocycles. The van der Waals surface area contributed by atoms with E-state index in [1.165, 1.54) is 6.07 Å². The summed E-state index contributed by atoms with van der Waals surface area (Å²) in [6.07, 6.45) is 9.60. The molecule has 0 radical (unpaired) electrons. The second kappa shape index (κ2) is 11.8.